The van der Waals surface area contributed by atoms with Crippen LogP contribution in [-0.4, -0.2) is 36.1 Å². The molecule has 1 aromatic heterocycles. The molecule has 2 aromatic carbocycles. The van der Waals surface area contributed by atoms with Gasteiger partial charge in [-0.05, 0) is 36.4 Å². The number of hydrogen-bond acceptors (Lipinski definition) is 8. The summed E-state index contributed by atoms with van der Waals surface area (Å²) in [5, 5.41) is 11.5. The monoisotopic (exact) mass is 435 g/mol. The first-order chi connectivity index (χ1) is 14.1. The van der Waals surface area contributed by atoms with Gasteiger partial charge in [-0.3, -0.25) is 4.79 Å². The van der Waals surface area contributed by atoms with E-state index >= 15 is 0 Å². The van der Waals surface area contributed by atoms with E-state index in [2.05, 4.69) is 15.5 Å². The molecule has 29 heavy (non-hydrogen) atoms. The topological polar surface area (TPSA) is 95.7 Å². The minimum Gasteiger partial charge on any atom is -0.493 e. The van der Waals surface area contributed by atoms with Crippen molar-refractivity contribution in [2.24, 2.45) is 0 Å². The summed E-state index contributed by atoms with van der Waals surface area (Å²) in [5.74, 6) is 1.94. The van der Waals surface area contributed by atoms with Crippen molar-refractivity contribution in [1.82, 2.24) is 10.2 Å². The molecule has 1 N–H and O–H groups in total. The van der Waals surface area contributed by atoms with Crippen LogP contribution in [0.5, 0.6) is 17.2 Å². The molecule has 8 nitrogen and oxygen atoms in total. The molecule has 0 bridgehead atoms. The van der Waals surface area contributed by atoms with Crippen LogP contribution in [0, 0.1) is 0 Å². The maximum Gasteiger partial charge on any atom is 0.277 e. The molecule has 10 heteroatoms. The molecule has 0 aliphatic carbocycles. The van der Waals surface area contributed by atoms with Crippen LogP contribution in [0.1, 0.15) is 5.89 Å². The maximum atomic E-state index is 12.2. The summed E-state index contributed by atoms with van der Waals surface area (Å²) in [6.45, 7) is 0.118. The molecule has 3 aromatic rings. The van der Waals surface area contributed by atoms with Gasteiger partial charge in [-0.15, -0.1) is 10.2 Å². The Morgan fingerprint density at radius 1 is 1.10 bits per heavy atom. The van der Waals surface area contributed by atoms with Gasteiger partial charge >= 0.3 is 0 Å². The van der Waals surface area contributed by atoms with Crippen molar-refractivity contribution in [1.29, 1.82) is 0 Å². The zero-order valence-electron chi connectivity index (χ0n) is 15.7. The van der Waals surface area contributed by atoms with E-state index in [1.807, 2.05) is 0 Å². The van der Waals surface area contributed by atoms with Gasteiger partial charge in [0.25, 0.3) is 11.1 Å². The number of benzene rings is 2. The highest BCUT2D eigenvalue weighted by Crippen LogP contribution is 2.30. The number of nitrogens with zero attached hydrogens (tertiary/aromatic N) is 2. The van der Waals surface area contributed by atoms with Crippen LogP contribution in [-0.2, 0) is 11.4 Å². The van der Waals surface area contributed by atoms with E-state index in [9.17, 15) is 4.79 Å². The standard InChI is InChI=1S/C19H18ClN3O5S/c1-25-15-8-5-13(9-16(15)26-2)21-17(24)11-29-19-23-22-18(28-19)10-27-14-6-3-12(20)4-7-14/h3-9H,10-11H2,1-2H3,(H,21,24). The van der Waals surface area contributed by atoms with Gasteiger partial charge < -0.3 is 23.9 Å². The van der Waals surface area contributed by atoms with Gasteiger partial charge in [0.05, 0.1) is 20.0 Å². The zero-order valence-corrected chi connectivity index (χ0v) is 17.2. The fraction of sp³-hybridized carbons (Fsp3) is 0.211. The van der Waals surface area contributed by atoms with Crippen molar-refractivity contribution < 1.29 is 23.4 Å². The first kappa shape index (κ1) is 20.8. The molecule has 0 saturated carbocycles. The molecule has 0 saturated heterocycles. The Hall–Kier alpha value is -2.91. The lowest BCUT2D eigenvalue weighted by atomic mass is 10.2. The third-order valence-corrected chi connectivity index (χ3v) is 4.69. The minimum atomic E-state index is -0.223. The van der Waals surface area contributed by atoms with Gasteiger partial charge in [-0.1, -0.05) is 23.4 Å². The van der Waals surface area contributed by atoms with E-state index in [0.29, 0.717) is 33.8 Å². The van der Waals surface area contributed by atoms with Gasteiger partial charge in [-0.2, -0.15) is 0 Å². The molecular weight excluding hydrogens is 418 g/mol. The summed E-state index contributed by atoms with van der Waals surface area (Å²) in [7, 11) is 3.08. The number of hydrogen-bond donors (Lipinski definition) is 1. The predicted octanol–water partition coefficient (Wildman–Crippen LogP) is 4.05. The summed E-state index contributed by atoms with van der Waals surface area (Å²) in [5.41, 5.74) is 0.593. The Labute approximate surface area is 176 Å². The molecule has 152 valence electrons. The minimum absolute atomic E-state index is 0.105. The van der Waals surface area contributed by atoms with E-state index in [1.54, 1.807) is 49.6 Å². The molecule has 0 unspecified atom stereocenters. The fourth-order valence-corrected chi connectivity index (χ4v) is 2.98. The Bertz CT molecular complexity index is 965. The van der Waals surface area contributed by atoms with Crippen LogP contribution >= 0.6 is 23.4 Å². The van der Waals surface area contributed by atoms with Crippen LogP contribution in [0.15, 0.2) is 52.1 Å². The second-order valence-electron chi connectivity index (χ2n) is 5.61. The highest BCUT2D eigenvalue weighted by atomic mass is 35.5. The smallest absolute Gasteiger partial charge is 0.277 e. The lowest BCUT2D eigenvalue weighted by Crippen LogP contribution is -2.14. The number of ether oxygens (including phenoxy) is 3. The normalized spacial score (nSPS) is 10.4. The zero-order chi connectivity index (χ0) is 20.6. The van der Waals surface area contributed by atoms with Gasteiger partial charge in [0.15, 0.2) is 18.1 Å². The summed E-state index contributed by atoms with van der Waals surface area (Å²) >= 11 is 6.96. The molecule has 0 atom stereocenters. The third kappa shape index (κ3) is 6.03. The van der Waals surface area contributed by atoms with E-state index in [4.69, 9.17) is 30.2 Å². The SMILES string of the molecule is COc1ccc(NC(=O)CSc2nnc(COc3ccc(Cl)cc3)o2)cc1OC. The first-order valence-electron chi connectivity index (χ1n) is 8.43. The largest absolute Gasteiger partial charge is 0.493 e. The van der Waals surface area contributed by atoms with E-state index in [1.165, 1.54) is 7.11 Å². The molecule has 0 aliphatic rings. The van der Waals surface area contributed by atoms with E-state index in [-0.39, 0.29) is 23.5 Å². The number of nitrogens with one attached hydrogen (secondary N) is 1. The molecule has 0 fully saturated rings. The van der Waals surface area contributed by atoms with Crippen LogP contribution in [0.4, 0.5) is 5.69 Å². The molecular formula is C19H18ClN3O5S. The van der Waals surface area contributed by atoms with Crippen molar-refractivity contribution in [2.75, 3.05) is 25.3 Å². The number of halogens is 1. The number of rotatable bonds is 9. The van der Waals surface area contributed by atoms with Crippen LogP contribution in [0.3, 0.4) is 0 Å². The van der Waals surface area contributed by atoms with Crippen LogP contribution in [0.25, 0.3) is 0 Å². The van der Waals surface area contributed by atoms with Gasteiger partial charge in [0, 0.05) is 16.8 Å². The number of carbonyl (C=O) groups is 1. The highest BCUT2D eigenvalue weighted by Gasteiger charge is 2.12. The van der Waals surface area contributed by atoms with Crippen molar-refractivity contribution >= 4 is 35.0 Å². The van der Waals surface area contributed by atoms with Gasteiger partial charge in [0.2, 0.25) is 5.91 Å². The Morgan fingerprint density at radius 3 is 2.59 bits per heavy atom. The maximum absolute atomic E-state index is 12.2. The van der Waals surface area contributed by atoms with Gasteiger partial charge in [0.1, 0.15) is 5.75 Å². The number of aromatic nitrogens is 2. The van der Waals surface area contributed by atoms with Crippen LogP contribution < -0.4 is 19.5 Å². The number of carbonyl (C=O) groups excluding carboxylic acids is 1. The number of thioether (sulfide) groups is 1. The van der Waals surface area contributed by atoms with Gasteiger partial charge in [-0.25, -0.2) is 0 Å². The summed E-state index contributed by atoms with van der Waals surface area (Å²) in [6, 6.07) is 12.1. The van der Waals surface area contributed by atoms with E-state index < -0.39 is 0 Å². The Balaban J connectivity index is 1.47. The number of amides is 1. The fourth-order valence-electron chi connectivity index (χ4n) is 2.27. The second kappa shape index (κ2) is 10.0. The summed E-state index contributed by atoms with van der Waals surface area (Å²) in [4.78, 5) is 12.2. The first-order valence-corrected chi connectivity index (χ1v) is 9.79. The average Bonchev–Trinajstić information content (AvgIpc) is 3.19. The average molecular weight is 436 g/mol. The summed E-state index contributed by atoms with van der Waals surface area (Å²) < 4.78 is 21.4. The van der Waals surface area contributed by atoms with E-state index in [0.717, 1.165) is 11.8 Å². The van der Waals surface area contributed by atoms with Crippen molar-refractivity contribution in [2.45, 2.75) is 11.8 Å². The number of anilines is 1. The second-order valence-corrected chi connectivity index (χ2v) is 6.97. The van der Waals surface area contributed by atoms with Crippen LogP contribution in [0.2, 0.25) is 5.02 Å². The predicted molar refractivity (Wildman–Crippen MR) is 109 cm³/mol. The number of methoxy groups -OCH3 is 2. The lowest BCUT2D eigenvalue weighted by Gasteiger charge is -2.10. The quantitative estimate of drug-likeness (QED) is 0.503. The molecule has 0 spiro atoms. The molecule has 1 amide bonds. The molecule has 3 rings (SSSR count). The third-order valence-electron chi connectivity index (χ3n) is 3.62. The van der Waals surface area contributed by atoms with Crippen molar-refractivity contribution in [3.63, 3.8) is 0 Å². The highest BCUT2D eigenvalue weighted by molar-refractivity contribution is 7.99. The van der Waals surface area contributed by atoms with Crippen molar-refractivity contribution in [3.8, 4) is 17.2 Å². The Morgan fingerprint density at radius 2 is 1.86 bits per heavy atom. The molecule has 0 radical (unpaired) electrons. The Kier molecular flexibility index (Phi) is 7.20. The van der Waals surface area contributed by atoms with Crippen molar-refractivity contribution in [3.05, 3.63) is 53.4 Å². The molecule has 0 aliphatic heterocycles. The molecule has 1 heterocycles. The lowest BCUT2D eigenvalue weighted by molar-refractivity contribution is -0.113. The summed E-state index contributed by atoms with van der Waals surface area (Å²) in [6.07, 6.45) is 0.